The van der Waals surface area contributed by atoms with E-state index in [2.05, 4.69) is 27.2 Å². The highest BCUT2D eigenvalue weighted by Gasteiger charge is 2.37. The van der Waals surface area contributed by atoms with Crippen LogP contribution in [0.3, 0.4) is 0 Å². The molecule has 2 aromatic rings. The summed E-state index contributed by atoms with van der Waals surface area (Å²) >= 11 is 0. The first kappa shape index (κ1) is 21.2. The van der Waals surface area contributed by atoms with Crippen LogP contribution >= 0.6 is 0 Å². The molecule has 5 nitrogen and oxygen atoms in total. The molecule has 3 aliphatic rings. The van der Waals surface area contributed by atoms with Gasteiger partial charge in [-0.05, 0) is 48.2 Å². The predicted molar refractivity (Wildman–Crippen MR) is 123 cm³/mol. The standard InChI is InChI=1S/C25H30F2N4O/c1-32-24-5-3-2-4-23(24)31-12-10-30(11-13-31)9-8-28-25-16-19-18-15-21(27)20(26)14-17(18)6-7-22(19)29-25/h2-5,14-15,19,22H,6-13,16H2,1H3,(H,28,29). The van der Waals surface area contributed by atoms with Gasteiger partial charge >= 0.3 is 0 Å². The lowest BCUT2D eigenvalue weighted by Crippen LogP contribution is -2.47. The Balaban J connectivity index is 1.14. The van der Waals surface area contributed by atoms with Crippen LogP contribution in [0.15, 0.2) is 41.4 Å². The van der Waals surface area contributed by atoms with Gasteiger partial charge in [-0.15, -0.1) is 0 Å². The largest absolute Gasteiger partial charge is 0.495 e. The molecule has 0 radical (unpaired) electrons. The lowest BCUT2D eigenvalue weighted by Gasteiger charge is -2.36. The van der Waals surface area contributed by atoms with Crippen LogP contribution in [0.25, 0.3) is 0 Å². The quantitative estimate of drug-likeness (QED) is 0.772. The van der Waals surface area contributed by atoms with Crippen molar-refractivity contribution in [2.24, 2.45) is 4.99 Å². The fourth-order valence-corrected chi connectivity index (χ4v) is 5.34. The second-order valence-electron chi connectivity index (χ2n) is 8.89. The van der Waals surface area contributed by atoms with Crippen LogP contribution in [0, 0.1) is 11.6 Å². The number of ether oxygens (including phenoxy) is 1. The van der Waals surface area contributed by atoms with Gasteiger partial charge in [0, 0.05) is 51.1 Å². The maximum Gasteiger partial charge on any atom is 0.159 e. The minimum absolute atomic E-state index is 0.192. The lowest BCUT2D eigenvalue weighted by atomic mass is 9.80. The number of piperazine rings is 1. The number of aliphatic imine (C=N–C) groups is 1. The zero-order chi connectivity index (χ0) is 22.1. The van der Waals surface area contributed by atoms with Crippen molar-refractivity contribution < 1.29 is 13.5 Å². The molecule has 2 fully saturated rings. The topological polar surface area (TPSA) is 40.1 Å². The van der Waals surface area contributed by atoms with Crippen molar-refractivity contribution in [3.8, 4) is 5.75 Å². The number of para-hydroxylation sites is 2. The van der Waals surface area contributed by atoms with Crippen molar-refractivity contribution in [1.82, 2.24) is 10.2 Å². The lowest BCUT2D eigenvalue weighted by molar-refractivity contribution is 0.264. The third kappa shape index (κ3) is 4.18. The van der Waals surface area contributed by atoms with Crippen LogP contribution in [-0.4, -0.2) is 63.2 Å². The molecule has 0 aromatic heterocycles. The molecule has 0 bridgehead atoms. The van der Waals surface area contributed by atoms with E-state index in [1.165, 1.54) is 12.1 Å². The molecular weight excluding hydrogens is 410 g/mol. The first-order chi connectivity index (χ1) is 15.6. The SMILES string of the molecule is COc1ccccc1N1CCN(CCN=C2CC3c4cc(F)c(F)cc4CCC3N2)CC1. The molecule has 2 aliphatic heterocycles. The van der Waals surface area contributed by atoms with E-state index in [-0.39, 0.29) is 12.0 Å². The fraction of sp³-hybridized carbons (Fsp3) is 0.480. The van der Waals surface area contributed by atoms with Crippen LogP contribution < -0.4 is 15.0 Å². The van der Waals surface area contributed by atoms with Crippen molar-refractivity contribution in [3.63, 3.8) is 0 Å². The van der Waals surface area contributed by atoms with Crippen molar-refractivity contribution in [1.29, 1.82) is 0 Å². The molecule has 1 N–H and O–H groups in total. The number of halogens is 2. The van der Waals surface area contributed by atoms with E-state index in [0.29, 0.717) is 0 Å². The Labute approximate surface area is 188 Å². The predicted octanol–water partition coefficient (Wildman–Crippen LogP) is 3.59. The first-order valence-corrected chi connectivity index (χ1v) is 11.5. The maximum absolute atomic E-state index is 13.8. The average molecular weight is 441 g/mol. The van der Waals surface area contributed by atoms with E-state index in [4.69, 9.17) is 9.73 Å². The van der Waals surface area contributed by atoms with E-state index in [1.54, 1.807) is 7.11 Å². The van der Waals surface area contributed by atoms with Crippen molar-refractivity contribution in [2.75, 3.05) is 51.3 Å². The molecule has 32 heavy (non-hydrogen) atoms. The van der Waals surface area contributed by atoms with E-state index in [9.17, 15) is 8.78 Å². The normalized spacial score (nSPS) is 24.2. The molecule has 0 spiro atoms. The van der Waals surface area contributed by atoms with Crippen molar-refractivity contribution >= 4 is 11.5 Å². The van der Waals surface area contributed by atoms with E-state index in [0.717, 1.165) is 86.9 Å². The number of hydrogen-bond acceptors (Lipinski definition) is 4. The van der Waals surface area contributed by atoms with E-state index in [1.807, 2.05) is 12.1 Å². The number of rotatable bonds is 5. The van der Waals surface area contributed by atoms with Gasteiger partial charge in [0.2, 0.25) is 0 Å². The van der Waals surface area contributed by atoms with Gasteiger partial charge in [-0.2, -0.15) is 0 Å². The molecule has 5 rings (SSSR count). The third-order valence-corrected chi connectivity index (χ3v) is 7.07. The van der Waals surface area contributed by atoms with Crippen LogP contribution in [0.1, 0.15) is 29.9 Å². The molecule has 2 unspecified atom stereocenters. The molecule has 170 valence electrons. The molecule has 2 heterocycles. The maximum atomic E-state index is 13.8. The Bertz CT molecular complexity index is 1000. The highest BCUT2D eigenvalue weighted by molar-refractivity contribution is 5.86. The molecule has 0 amide bonds. The molecule has 1 aliphatic carbocycles. The minimum Gasteiger partial charge on any atom is -0.495 e. The summed E-state index contributed by atoms with van der Waals surface area (Å²) < 4.78 is 32.9. The zero-order valence-corrected chi connectivity index (χ0v) is 18.5. The van der Waals surface area contributed by atoms with Gasteiger partial charge in [-0.3, -0.25) is 9.89 Å². The minimum atomic E-state index is -0.748. The van der Waals surface area contributed by atoms with Gasteiger partial charge in [-0.1, -0.05) is 12.1 Å². The Hall–Kier alpha value is -2.67. The Morgan fingerprint density at radius 1 is 1.09 bits per heavy atom. The number of hydrogen-bond donors (Lipinski definition) is 1. The number of fused-ring (bicyclic) bond motifs is 3. The summed E-state index contributed by atoms with van der Waals surface area (Å²) in [7, 11) is 1.72. The highest BCUT2D eigenvalue weighted by Crippen LogP contribution is 2.38. The second-order valence-corrected chi connectivity index (χ2v) is 8.89. The van der Waals surface area contributed by atoms with Gasteiger partial charge < -0.3 is 15.0 Å². The summed E-state index contributed by atoms with van der Waals surface area (Å²) in [5.41, 5.74) is 3.05. The van der Waals surface area contributed by atoms with Gasteiger partial charge in [0.25, 0.3) is 0 Å². The van der Waals surface area contributed by atoms with Gasteiger partial charge in [0.15, 0.2) is 11.6 Å². The smallest absolute Gasteiger partial charge is 0.159 e. The molecular formula is C25H30F2N4O. The van der Waals surface area contributed by atoms with E-state index >= 15 is 0 Å². The van der Waals surface area contributed by atoms with Gasteiger partial charge in [0.05, 0.1) is 25.2 Å². The number of methoxy groups -OCH3 is 1. The van der Waals surface area contributed by atoms with Crippen molar-refractivity contribution in [3.05, 3.63) is 59.2 Å². The molecule has 2 saturated heterocycles. The zero-order valence-electron chi connectivity index (χ0n) is 18.5. The summed E-state index contributed by atoms with van der Waals surface area (Å²) in [4.78, 5) is 9.65. The van der Waals surface area contributed by atoms with Crippen molar-refractivity contribution in [2.45, 2.75) is 31.2 Å². The summed E-state index contributed by atoms with van der Waals surface area (Å²) in [6, 6.07) is 11.2. The fourth-order valence-electron chi connectivity index (χ4n) is 5.34. The number of aryl methyl sites for hydroxylation is 1. The summed E-state index contributed by atoms with van der Waals surface area (Å²) in [5.74, 6) is 0.627. The summed E-state index contributed by atoms with van der Waals surface area (Å²) in [6.45, 7) is 5.62. The third-order valence-electron chi connectivity index (χ3n) is 7.07. The molecule has 2 atom stereocenters. The van der Waals surface area contributed by atoms with Gasteiger partial charge in [0.1, 0.15) is 5.75 Å². The highest BCUT2D eigenvalue weighted by atomic mass is 19.2. The number of benzene rings is 2. The number of nitrogens with one attached hydrogen (secondary N) is 1. The van der Waals surface area contributed by atoms with Crippen LogP contribution in [0.5, 0.6) is 5.75 Å². The van der Waals surface area contributed by atoms with Gasteiger partial charge in [-0.25, -0.2) is 8.78 Å². The Morgan fingerprint density at radius 2 is 1.88 bits per heavy atom. The first-order valence-electron chi connectivity index (χ1n) is 11.5. The molecule has 0 saturated carbocycles. The van der Waals surface area contributed by atoms with Crippen LogP contribution in [0.4, 0.5) is 14.5 Å². The molecule has 2 aromatic carbocycles. The average Bonchev–Trinajstić information content (AvgIpc) is 3.24. The summed E-state index contributed by atoms with van der Waals surface area (Å²) in [6.07, 6.45) is 2.50. The van der Waals surface area contributed by atoms with E-state index < -0.39 is 11.6 Å². The Morgan fingerprint density at radius 3 is 2.69 bits per heavy atom. The van der Waals surface area contributed by atoms with Crippen LogP contribution in [0.2, 0.25) is 0 Å². The monoisotopic (exact) mass is 440 g/mol. The number of nitrogens with zero attached hydrogens (tertiary/aromatic N) is 3. The molecule has 7 heteroatoms. The van der Waals surface area contributed by atoms with Crippen LogP contribution in [-0.2, 0) is 6.42 Å². The summed E-state index contributed by atoms with van der Waals surface area (Å²) in [5, 5.41) is 3.54. The number of amidine groups is 1. The number of anilines is 1. The second kappa shape index (κ2) is 9.06. The Kier molecular flexibility index (Phi) is 6.00.